The van der Waals surface area contributed by atoms with Gasteiger partial charge in [-0.25, -0.2) is 0 Å². The Kier molecular flexibility index (Phi) is 4.13. The first-order valence-electron chi connectivity index (χ1n) is 8.86. The van der Waals surface area contributed by atoms with Crippen LogP contribution in [0, 0.1) is 5.41 Å². The largest absolute Gasteiger partial charge is 0.329 e. The summed E-state index contributed by atoms with van der Waals surface area (Å²) in [5.74, 6) is 0. The molecule has 3 aliphatic rings. The Bertz CT molecular complexity index is 339. The summed E-state index contributed by atoms with van der Waals surface area (Å²) in [7, 11) is 0. The third-order valence-corrected chi connectivity index (χ3v) is 6.97. The van der Waals surface area contributed by atoms with E-state index in [0.717, 1.165) is 12.6 Å². The third kappa shape index (κ3) is 2.32. The zero-order chi connectivity index (χ0) is 14.2. The van der Waals surface area contributed by atoms with Crippen LogP contribution < -0.4 is 5.73 Å². The molecular formula is C17H33N3. The van der Waals surface area contributed by atoms with Gasteiger partial charge in [0.25, 0.3) is 0 Å². The van der Waals surface area contributed by atoms with Gasteiger partial charge >= 0.3 is 0 Å². The summed E-state index contributed by atoms with van der Waals surface area (Å²) in [4.78, 5) is 5.52. The molecule has 0 aliphatic carbocycles. The van der Waals surface area contributed by atoms with E-state index < -0.39 is 0 Å². The number of hydrogen-bond donors (Lipinski definition) is 1. The molecule has 116 valence electrons. The first-order chi connectivity index (χ1) is 9.67. The second kappa shape index (κ2) is 5.58. The Morgan fingerprint density at radius 3 is 2.55 bits per heavy atom. The summed E-state index contributed by atoms with van der Waals surface area (Å²) < 4.78 is 0. The van der Waals surface area contributed by atoms with Crippen molar-refractivity contribution in [1.82, 2.24) is 9.80 Å². The Balaban J connectivity index is 1.73. The van der Waals surface area contributed by atoms with E-state index in [1.54, 1.807) is 0 Å². The normalized spacial score (nSPS) is 38.2. The molecule has 0 amide bonds. The maximum absolute atomic E-state index is 6.31. The molecule has 3 aliphatic heterocycles. The van der Waals surface area contributed by atoms with Crippen molar-refractivity contribution in [2.24, 2.45) is 11.1 Å². The topological polar surface area (TPSA) is 32.5 Å². The van der Waals surface area contributed by atoms with Crippen LogP contribution in [0.5, 0.6) is 0 Å². The fourth-order valence-electron chi connectivity index (χ4n) is 5.08. The Morgan fingerprint density at radius 2 is 1.90 bits per heavy atom. The van der Waals surface area contributed by atoms with E-state index in [0.29, 0.717) is 11.0 Å². The van der Waals surface area contributed by atoms with Crippen LogP contribution in [0.15, 0.2) is 0 Å². The summed E-state index contributed by atoms with van der Waals surface area (Å²) in [6.07, 6.45) is 9.47. The van der Waals surface area contributed by atoms with Crippen molar-refractivity contribution in [2.75, 3.05) is 32.7 Å². The van der Waals surface area contributed by atoms with Crippen molar-refractivity contribution >= 4 is 0 Å². The predicted octanol–water partition coefficient (Wildman–Crippen LogP) is 2.45. The van der Waals surface area contributed by atoms with Crippen LogP contribution in [0.25, 0.3) is 0 Å². The van der Waals surface area contributed by atoms with Crippen molar-refractivity contribution in [3.63, 3.8) is 0 Å². The van der Waals surface area contributed by atoms with E-state index in [9.17, 15) is 0 Å². The van der Waals surface area contributed by atoms with Crippen LogP contribution in [-0.2, 0) is 0 Å². The van der Waals surface area contributed by atoms with E-state index in [1.165, 1.54) is 71.1 Å². The van der Waals surface area contributed by atoms with Gasteiger partial charge in [0.1, 0.15) is 0 Å². The number of rotatable bonds is 4. The van der Waals surface area contributed by atoms with E-state index in [1.807, 2.05) is 0 Å². The number of likely N-dealkylation sites (tertiary alicyclic amines) is 1. The summed E-state index contributed by atoms with van der Waals surface area (Å²) in [6.45, 7) is 10.8. The molecule has 0 saturated carbocycles. The lowest BCUT2D eigenvalue weighted by Gasteiger charge is -2.49. The smallest absolute Gasteiger partial charge is 0.0358 e. The predicted molar refractivity (Wildman–Crippen MR) is 84.8 cm³/mol. The lowest BCUT2D eigenvalue weighted by Crippen LogP contribution is -2.60. The summed E-state index contributed by atoms with van der Waals surface area (Å²) in [5.41, 5.74) is 7.21. The van der Waals surface area contributed by atoms with Gasteiger partial charge < -0.3 is 10.6 Å². The first-order valence-corrected chi connectivity index (χ1v) is 8.86. The SMILES string of the molecule is CCC1(CC)CCN(C2(CN)CCN3CCCC3C2)C1. The maximum Gasteiger partial charge on any atom is 0.0358 e. The molecule has 3 fully saturated rings. The van der Waals surface area contributed by atoms with Gasteiger partial charge in [0, 0.05) is 31.2 Å². The molecular weight excluding hydrogens is 246 g/mol. The molecule has 20 heavy (non-hydrogen) atoms. The monoisotopic (exact) mass is 279 g/mol. The Labute approximate surface area is 124 Å². The highest BCUT2D eigenvalue weighted by Crippen LogP contribution is 2.44. The maximum atomic E-state index is 6.31. The lowest BCUT2D eigenvalue weighted by atomic mass is 9.79. The molecule has 3 nitrogen and oxygen atoms in total. The fourth-order valence-corrected chi connectivity index (χ4v) is 5.08. The first kappa shape index (κ1) is 14.8. The van der Waals surface area contributed by atoms with Gasteiger partial charge in [-0.3, -0.25) is 4.90 Å². The van der Waals surface area contributed by atoms with Crippen LogP contribution in [0.4, 0.5) is 0 Å². The van der Waals surface area contributed by atoms with Gasteiger partial charge in [-0.05, 0) is 63.5 Å². The number of nitrogens with zero attached hydrogens (tertiary/aromatic N) is 2. The van der Waals surface area contributed by atoms with E-state index >= 15 is 0 Å². The zero-order valence-electron chi connectivity index (χ0n) is 13.5. The molecule has 2 atom stereocenters. The number of piperidine rings is 1. The minimum atomic E-state index is 0.317. The van der Waals surface area contributed by atoms with Gasteiger partial charge in [-0.15, -0.1) is 0 Å². The number of nitrogens with two attached hydrogens (primary N) is 1. The number of hydrogen-bond acceptors (Lipinski definition) is 3. The van der Waals surface area contributed by atoms with Gasteiger partial charge in [0.15, 0.2) is 0 Å². The molecule has 3 rings (SSSR count). The van der Waals surface area contributed by atoms with Gasteiger partial charge in [-0.2, -0.15) is 0 Å². The highest BCUT2D eigenvalue weighted by atomic mass is 15.3. The van der Waals surface area contributed by atoms with Gasteiger partial charge in [-0.1, -0.05) is 13.8 Å². The quantitative estimate of drug-likeness (QED) is 0.858. The molecule has 3 heterocycles. The standard InChI is InChI=1S/C17H33N3/c1-3-16(4-2)7-11-20(14-16)17(13-18)8-10-19-9-5-6-15(19)12-17/h15H,3-14,18H2,1-2H3. The van der Waals surface area contributed by atoms with Crippen LogP contribution in [0.3, 0.4) is 0 Å². The number of fused-ring (bicyclic) bond motifs is 1. The van der Waals surface area contributed by atoms with Crippen LogP contribution in [0.1, 0.15) is 58.8 Å². The molecule has 0 aromatic heterocycles. The van der Waals surface area contributed by atoms with E-state index in [4.69, 9.17) is 5.73 Å². The van der Waals surface area contributed by atoms with Gasteiger partial charge in [0.2, 0.25) is 0 Å². The van der Waals surface area contributed by atoms with Crippen LogP contribution >= 0.6 is 0 Å². The van der Waals surface area contributed by atoms with Crippen molar-refractivity contribution in [1.29, 1.82) is 0 Å². The van der Waals surface area contributed by atoms with E-state index in [2.05, 4.69) is 23.6 Å². The summed E-state index contributed by atoms with van der Waals surface area (Å²) >= 11 is 0. The molecule has 0 aromatic rings. The average Bonchev–Trinajstić information content (AvgIpc) is 3.13. The molecule has 0 aromatic carbocycles. The Morgan fingerprint density at radius 1 is 1.10 bits per heavy atom. The van der Waals surface area contributed by atoms with Gasteiger partial charge in [0.05, 0.1) is 0 Å². The lowest BCUT2D eigenvalue weighted by molar-refractivity contribution is 0.0172. The van der Waals surface area contributed by atoms with Crippen LogP contribution in [0.2, 0.25) is 0 Å². The van der Waals surface area contributed by atoms with E-state index in [-0.39, 0.29) is 0 Å². The average molecular weight is 279 g/mol. The van der Waals surface area contributed by atoms with Crippen molar-refractivity contribution in [3.05, 3.63) is 0 Å². The van der Waals surface area contributed by atoms with Crippen molar-refractivity contribution in [2.45, 2.75) is 70.4 Å². The van der Waals surface area contributed by atoms with Crippen LogP contribution in [-0.4, -0.2) is 54.1 Å². The molecule has 3 saturated heterocycles. The molecule has 2 unspecified atom stereocenters. The molecule has 2 N–H and O–H groups in total. The van der Waals surface area contributed by atoms with Crippen molar-refractivity contribution in [3.8, 4) is 0 Å². The summed E-state index contributed by atoms with van der Waals surface area (Å²) in [6, 6.07) is 0.825. The van der Waals surface area contributed by atoms with Crippen molar-refractivity contribution < 1.29 is 0 Å². The highest BCUT2D eigenvalue weighted by Gasteiger charge is 2.48. The molecule has 3 heteroatoms. The molecule has 0 spiro atoms. The minimum absolute atomic E-state index is 0.317. The second-order valence-electron chi connectivity index (χ2n) is 7.59. The Hall–Kier alpha value is -0.120. The summed E-state index contributed by atoms with van der Waals surface area (Å²) in [5, 5.41) is 0. The second-order valence-corrected chi connectivity index (χ2v) is 7.59. The third-order valence-electron chi connectivity index (χ3n) is 6.97. The highest BCUT2D eigenvalue weighted by molar-refractivity contribution is 5.05. The minimum Gasteiger partial charge on any atom is -0.329 e. The fraction of sp³-hybridized carbons (Fsp3) is 1.00. The molecule has 0 bridgehead atoms. The zero-order valence-corrected chi connectivity index (χ0v) is 13.5. The molecule has 0 radical (unpaired) electrons.